The second kappa shape index (κ2) is 12.8. The Hall–Kier alpha value is -5.86. The fraction of sp³-hybridized carbons (Fsp3) is 0. The van der Waals surface area contributed by atoms with E-state index in [0.29, 0.717) is 0 Å². The molecule has 0 spiro atoms. The predicted molar refractivity (Wildman–Crippen MR) is 238 cm³/mol. The molecule has 11 aromatic rings. The monoisotopic (exact) mass is 822 g/mol. The van der Waals surface area contributed by atoms with Crippen molar-refractivity contribution in [2.75, 3.05) is 0 Å². The predicted octanol–water partition coefficient (Wildman–Crippen LogP) is 9.45. The standard InChI is InChI=1S/C48H32N4OP2Se/c53-54(33-14-3-1-4-15-33,34-16-5-2-6-17-34)46-25-13-22-40-37-18-7-8-21-41(37)48-50-42-32-36(26-27-45(42)51(48)47(40)46)55(56,35-28-30-49-31-29-35)52-43-23-11-9-19-38(43)39-20-10-12-24-44(39)52/h1-32H. The molecule has 7 aromatic carbocycles. The summed E-state index contributed by atoms with van der Waals surface area (Å²) in [6.07, 6.45) is 3.77. The van der Waals surface area contributed by atoms with E-state index in [9.17, 15) is 0 Å². The fourth-order valence-corrected chi connectivity index (χ4v) is 16.9. The second-order valence-corrected chi connectivity index (χ2v) is 22.7. The van der Waals surface area contributed by atoms with E-state index in [0.717, 1.165) is 59.6 Å². The van der Waals surface area contributed by atoms with Gasteiger partial charge in [0.2, 0.25) is 0 Å². The molecule has 0 amide bonds. The van der Waals surface area contributed by atoms with Crippen LogP contribution in [0.1, 0.15) is 0 Å². The maximum atomic E-state index is 16.1. The molecule has 8 heteroatoms. The molecule has 11 rings (SSSR count). The summed E-state index contributed by atoms with van der Waals surface area (Å²) in [5, 5.41) is 10.3. The first-order chi connectivity index (χ1) is 27.6. The van der Waals surface area contributed by atoms with Crippen LogP contribution in [0.5, 0.6) is 0 Å². The van der Waals surface area contributed by atoms with Crippen molar-refractivity contribution < 1.29 is 4.57 Å². The van der Waals surface area contributed by atoms with Crippen molar-refractivity contribution in [3.8, 4) is 0 Å². The van der Waals surface area contributed by atoms with Crippen LogP contribution in [0.4, 0.5) is 0 Å². The Morgan fingerprint density at radius 3 is 1.66 bits per heavy atom. The van der Waals surface area contributed by atoms with Gasteiger partial charge in [-0.2, -0.15) is 0 Å². The third-order valence-corrected chi connectivity index (χ3v) is 20.9. The van der Waals surface area contributed by atoms with Gasteiger partial charge in [-0.25, -0.2) is 0 Å². The van der Waals surface area contributed by atoms with Crippen LogP contribution in [0.3, 0.4) is 0 Å². The first kappa shape index (κ1) is 33.5. The average molecular weight is 822 g/mol. The number of hydrogen-bond acceptors (Lipinski definition) is 3. The topological polar surface area (TPSA) is 52.2 Å². The molecule has 5 nitrogen and oxygen atoms in total. The Morgan fingerprint density at radius 2 is 1.02 bits per heavy atom. The number of para-hydroxylation sites is 3. The van der Waals surface area contributed by atoms with Crippen molar-refractivity contribution in [2.45, 2.75) is 0 Å². The van der Waals surface area contributed by atoms with Crippen LogP contribution in [0.15, 0.2) is 194 Å². The molecule has 56 heavy (non-hydrogen) atoms. The zero-order chi connectivity index (χ0) is 37.4. The number of rotatable bonds is 6. The molecular weight excluding hydrogens is 789 g/mol. The van der Waals surface area contributed by atoms with E-state index in [-0.39, 0.29) is 0 Å². The van der Waals surface area contributed by atoms with Gasteiger partial charge in [0.25, 0.3) is 0 Å². The number of hydrogen-bond donors (Lipinski definition) is 0. The Kier molecular flexibility index (Phi) is 7.68. The van der Waals surface area contributed by atoms with Crippen molar-refractivity contribution in [2.24, 2.45) is 0 Å². The Morgan fingerprint density at radius 1 is 0.464 bits per heavy atom. The van der Waals surface area contributed by atoms with Crippen LogP contribution in [-0.2, 0) is 4.57 Å². The number of imidazole rings is 1. The molecule has 266 valence electrons. The van der Waals surface area contributed by atoms with Gasteiger partial charge in [0.1, 0.15) is 0 Å². The third-order valence-electron chi connectivity index (χ3n) is 11.1. The molecule has 4 aromatic heterocycles. The van der Waals surface area contributed by atoms with E-state index in [1.54, 1.807) is 0 Å². The van der Waals surface area contributed by atoms with Crippen molar-refractivity contribution in [1.82, 2.24) is 18.7 Å². The average Bonchev–Trinajstić information content (AvgIpc) is 3.83. The summed E-state index contributed by atoms with van der Waals surface area (Å²) >= 11 is 3.81. The van der Waals surface area contributed by atoms with E-state index in [1.807, 2.05) is 73.1 Å². The van der Waals surface area contributed by atoms with E-state index in [4.69, 9.17) is 4.98 Å². The first-order valence-corrected chi connectivity index (χ1v) is 24.2. The number of fused-ring (bicyclic) bond motifs is 11. The second-order valence-electron chi connectivity index (χ2n) is 14.1. The Labute approximate surface area is 330 Å². The van der Waals surface area contributed by atoms with Gasteiger partial charge >= 0.3 is 320 Å². The minimum absolute atomic E-state index is 0.791. The molecule has 0 fully saturated rings. The number of benzene rings is 7. The summed E-state index contributed by atoms with van der Waals surface area (Å²) in [7, 11) is -3.37. The summed E-state index contributed by atoms with van der Waals surface area (Å²) in [4.78, 5) is 9.91. The van der Waals surface area contributed by atoms with Crippen LogP contribution in [0, 0.1) is 0 Å². The Balaban J connectivity index is 1.26. The maximum absolute atomic E-state index is 16.1. The van der Waals surface area contributed by atoms with Gasteiger partial charge in [0, 0.05) is 0 Å². The Bertz CT molecular complexity index is 3340. The first-order valence-electron chi connectivity index (χ1n) is 18.5. The summed E-state index contributed by atoms with van der Waals surface area (Å²) in [5.41, 5.74) is 3.46. The molecule has 0 aliphatic heterocycles. The van der Waals surface area contributed by atoms with Crippen LogP contribution in [-0.4, -0.2) is 33.8 Å². The third kappa shape index (κ3) is 4.75. The SMILES string of the molecule is O=P(c1ccccc1)(c1ccccc1)c1cccc2c3ccccc3c3nc4cc(P(=[Se])(c5ccncc5)n5c6ccccc6c6ccccc65)ccc4n3c12. The van der Waals surface area contributed by atoms with E-state index >= 15 is 4.57 Å². The zero-order valence-electron chi connectivity index (χ0n) is 30.0. The number of pyridine rings is 2. The summed E-state index contributed by atoms with van der Waals surface area (Å²) < 4.78 is 20.9. The molecule has 0 radical (unpaired) electrons. The van der Waals surface area contributed by atoms with Crippen LogP contribution < -0.4 is 26.5 Å². The normalized spacial score (nSPS) is 13.3. The van der Waals surface area contributed by atoms with Gasteiger partial charge in [-0.05, 0) is 0 Å². The zero-order valence-corrected chi connectivity index (χ0v) is 33.5. The molecule has 4 heterocycles. The van der Waals surface area contributed by atoms with Crippen LogP contribution >= 0.6 is 12.8 Å². The van der Waals surface area contributed by atoms with Gasteiger partial charge in [0.15, 0.2) is 0 Å². The molecule has 0 N–H and O–H groups in total. The van der Waals surface area contributed by atoms with Gasteiger partial charge in [-0.15, -0.1) is 0 Å². The molecule has 0 aliphatic carbocycles. The quantitative estimate of drug-likeness (QED) is 0.0955. The van der Waals surface area contributed by atoms with Gasteiger partial charge in [-0.3, -0.25) is 0 Å². The molecule has 1 unspecified atom stereocenters. The van der Waals surface area contributed by atoms with Gasteiger partial charge in [0.05, 0.1) is 0 Å². The van der Waals surface area contributed by atoms with E-state index in [2.05, 4.69) is 150 Å². The number of aromatic nitrogens is 4. The van der Waals surface area contributed by atoms with Gasteiger partial charge in [-0.1, -0.05) is 12.1 Å². The van der Waals surface area contributed by atoms with Gasteiger partial charge < -0.3 is 0 Å². The molecule has 0 aliphatic rings. The molecule has 0 saturated carbocycles. The molecule has 1 atom stereocenters. The van der Waals surface area contributed by atoms with Crippen LogP contribution in [0.2, 0.25) is 0 Å². The van der Waals surface area contributed by atoms with Crippen molar-refractivity contribution in [3.63, 3.8) is 0 Å². The number of nitrogens with zero attached hydrogens (tertiary/aromatic N) is 4. The van der Waals surface area contributed by atoms with E-state index in [1.165, 1.54) is 27.1 Å². The fourth-order valence-electron chi connectivity index (χ4n) is 8.65. The molecular formula is C48H32N4OP2Se. The summed E-state index contributed by atoms with van der Waals surface area (Å²) in [6, 6.07) is 63.0. The minimum atomic E-state index is -3.37. The van der Waals surface area contributed by atoms with Crippen molar-refractivity contribution in [3.05, 3.63) is 194 Å². The molecule has 0 saturated heterocycles. The van der Waals surface area contributed by atoms with Crippen molar-refractivity contribution >= 4 is 115 Å². The van der Waals surface area contributed by atoms with Crippen molar-refractivity contribution in [1.29, 1.82) is 0 Å². The van der Waals surface area contributed by atoms with Crippen LogP contribution in [0.25, 0.3) is 60.2 Å². The molecule has 0 bridgehead atoms. The summed E-state index contributed by atoms with van der Waals surface area (Å²) in [6.45, 7) is 0. The van der Waals surface area contributed by atoms with E-state index < -0.39 is 12.8 Å². The summed E-state index contributed by atoms with van der Waals surface area (Å²) in [5.74, 6) is 0.